The number of carbonyl (C=O) groups excluding carboxylic acids is 3. The summed E-state index contributed by atoms with van der Waals surface area (Å²) in [7, 11) is 3.03. The van der Waals surface area contributed by atoms with Crippen molar-refractivity contribution in [3.8, 4) is 17.2 Å². The van der Waals surface area contributed by atoms with Crippen LogP contribution in [-0.2, 0) is 11.5 Å². The molecule has 3 N–H and O–H groups in total. The average Bonchev–Trinajstić information content (AvgIpc) is 3.41. The highest BCUT2D eigenvalue weighted by Gasteiger charge is 2.27. The number of methoxy groups -OCH3 is 2. The molecule has 0 radical (unpaired) electrons. The van der Waals surface area contributed by atoms with Gasteiger partial charge in [-0.1, -0.05) is 6.07 Å². The molecular formula is C23H26N4O7S. The van der Waals surface area contributed by atoms with Gasteiger partial charge in [-0.05, 0) is 44.5 Å². The number of esters is 1. The monoisotopic (exact) mass is 502 g/mol. The summed E-state index contributed by atoms with van der Waals surface area (Å²) < 4.78 is 23.1. The quantitative estimate of drug-likeness (QED) is 0.402. The molecule has 2 aromatic heterocycles. The number of amides is 2. The van der Waals surface area contributed by atoms with Crippen molar-refractivity contribution in [1.29, 1.82) is 0 Å². The average molecular weight is 503 g/mol. The van der Waals surface area contributed by atoms with Gasteiger partial charge >= 0.3 is 5.97 Å². The fraction of sp³-hybridized carbons (Fsp3) is 0.304. The standard InChI is InChI=1S/C23H26N4O7S/c1-12(2)34-23(30)17-13(3)19(20(24)28)35-22(17)25-21(29)14-9-10-27(26-14)11-33-18-15(31-4)7-6-8-16(18)32-5/h6-10,12H,11H2,1-5H3,(H2,24,28)(H,25,29). The van der Waals surface area contributed by atoms with Crippen molar-refractivity contribution in [2.75, 3.05) is 19.5 Å². The van der Waals surface area contributed by atoms with E-state index < -0.39 is 17.8 Å². The molecule has 186 valence electrons. The molecule has 3 aromatic rings. The first-order valence-electron chi connectivity index (χ1n) is 10.5. The zero-order valence-electron chi connectivity index (χ0n) is 19.9. The van der Waals surface area contributed by atoms with Crippen LogP contribution in [0.2, 0.25) is 0 Å². The molecule has 3 rings (SSSR count). The van der Waals surface area contributed by atoms with E-state index in [0.29, 0.717) is 22.8 Å². The van der Waals surface area contributed by atoms with Crippen LogP contribution >= 0.6 is 11.3 Å². The number of rotatable bonds is 10. The number of aromatic nitrogens is 2. The van der Waals surface area contributed by atoms with Gasteiger partial charge in [0.25, 0.3) is 11.8 Å². The summed E-state index contributed by atoms with van der Waals surface area (Å²) in [5, 5.41) is 7.00. The van der Waals surface area contributed by atoms with Gasteiger partial charge in [0.1, 0.15) is 5.00 Å². The fourth-order valence-electron chi connectivity index (χ4n) is 3.17. The lowest BCUT2D eigenvalue weighted by molar-refractivity contribution is 0.0379. The predicted octanol–water partition coefficient (Wildman–Crippen LogP) is 3.22. The van der Waals surface area contributed by atoms with Gasteiger partial charge in [-0.3, -0.25) is 9.59 Å². The number of nitrogens with two attached hydrogens (primary N) is 1. The summed E-state index contributed by atoms with van der Waals surface area (Å²) in [6, 6.07) is 6.71. The van der Waals surface area contributed by atoms with Crippen molar-refractivity contribution in [3.05, 3.63) is 52.2 Å². The van der Waals surface area contributed by atoms with Gasteiger partial charge < -0.3 is 30.0 Å². The molecule has 2 heterocycles. The van der Waals surface area contributed by atoms with E-state index in [1.165, 1.54) is 25.0 Å². The zero-order valence-corrected chi connectivity index (χ0v) is 20.7. The molecule has 0 saturated heterocycles. The summed E-state index contributed by atoms with van der Waals surface area (Å²) in [6.07, 6.45) is 1.17. The Labute approximate surface area is 205 Å². The topological polar surface area (TPSA) is 144 Å². The first-order valence-corrected chi connectivity index (χ1v) is 11.3. The number of carbonyl (C=O) groups is 3. The summed E-state index contributed by atoms with van der Waals surface area (Å²) in [4.78, 5) is 37.4. The van der Waals surface area contributed by atoms with E-state index in [4.69, 9.17) is 24.7 Å². The maximum atomic E-state index is 12.9. The Morgan fingerprint density at radius 2 is 1.80 bits per heavy atom. The van der Waals surface area contributed by atoms with Gasteiger partial charge in [0, 0.05) is 6.20 Å². The second-order valence-corrected chi connectivity index (χ2v) is 8.56. The van der Waals surface area contributed by atoms with Gasteiger partial charge in [0.05, 0.1) is 30.8 Å². The Morgan fingerprint density at radius 3 is 2.37 bits per heavy atom. The van der Waals surface area contributed by atoms with E-state index in [1.807, 2.05) is 0 Å². The van der Waals surface area contributed by atoms with Crippen molar-refractivity contribution >= 4 is 34.1 Å². The van der Waals surface area contributed by atoms with Crippen LogP contribution in [-0.4, -0.2) is 47.9 Å². The van der Waals surface area contributed by atoms with E-state index >= 15 is 0 Å². The van der Waals surface area contributed by atoms with E-state index in [-0.39, 0.29) is 34.0 Å². The van der Waals surface area contributed by atoms with E-state index in [2.05, 4.69) is 10.4 Å². The Morgan fingerprint density at radius 1 is 1.14 bits per heavy atom. The molecular weight excluding hydrogens is 476 g/mol. The fourth-order valence-corrected chi connectivity index (χ4v) is 4.21. The third kappa shape index (κ3) is 5.72. The molecule has 0 saturated carbocycles. The lowest BCUT2D eigenvalue weighted by atomic mass is 10.1. The molecule has 0 spiro atoms. The van der Waals surface area contributed by atoms with Gasteiger partial charge in [0.2, 0.25) is 5.75 Å². The van der Waals surface area contributed by atoms with E-state index in [1.54, 1.807) is 45.2 Å². The minimum atomic E-state index is -0.709. The molecule has 0 aliphatic carbocycles. The lowest BCUT2D eigenvalue weighted by Gasteiger charge is -2.13. The van der Waals surface area contributed by atoms with Gasteiger partial charge in [-0.2, -0.15) is 5.10 Å². The Bertz CT molecular complexity index is 1230. The van der Waals surface area contributed by atoms with Crippen molar-refractivity contribution < 1.29 is 33.3 Å². The highest BCUT2D eigenvalue weighted by atomic mass is 32.1. The number of benzene rings is 1. The lowest BCUT2D eigenvalue weighted by Crippen LogP contribution is -2.18. The molecule has 0 aliphatic rings. The highest BCUT2D eigenvalue weighted by molar-refractivity contribution is 7.18. The number of nitrogens with one attached hydrogen (secondary N) is 1. The van der Waals surface area contributed by atoms with Crippen molar-refractivity contribution in [3.63, 3.8) is 0 Å². The first kappa shape index (κ1) is 25.6. The summed E-state index contributed by atoms with van der Waals surface area (Å²) >= 11 is 0.901. The number of hydrogen-bond acceptors (Lipinski definition) is 9. The maximum Gasteiger partial charge on any atom is 0.341 e. The van der Waals surface area contributed by atoms with Crippen LogP contribution in [0.5, 0.6) is 17.2 Å². The third-order valence-corrected chi connectivity index (χ3v) is 5.96. The van der Waals surface area contributed by atoms with Crippen molar-refractivity contribution in [2.24, 2.45) is 5.73 Å². The predicted molar refractivity (Wildman–Crippen MR) is 128 cm³/mol. The maximum absolute atomic E-state index is 12.9. The van der Waals surface area contributed by atoms with E-state index in [9.17, 15) is 14.4 Å². The van der Waals surface area contributed by atoms with E-state index in [0.717, 1.165) is 11.3 Å². The molecule has 1 aromatic carbocycles. The molecule has 12 heteroatoms. The molecule has 0 bridgehead atoms. The first-order chi connectivity index (χ1) is 16.7. The second-order valence-electron chi connectivity index (χ2n) is 7.54. The molecule has 0 aliphatic heterocycles. The largest absolute Gasteiger partial charge is 0.493 e. The number of nitrogens with zero attached hydrogens (tertiary/aromatic N) is 2. The smallest absolute Gasteiger partial charge is 0.341 e. The number of ether oxygens (including phenoxy) is 4. The van der Waals surface area contributed by atoms with Crippen LogP contribution in [0.1, 0.15) is 49.9 Å². The van der Waals surface area contributed by atoms with Crippen LogP contribution < -0.4 is 25.3 Å². The van der Waals surface area contributed by atoms with Crippen molar-refractivity contribution in [2.45, 2.75) is 33.6 Å². The molecule has 0 atom stereocenters. The SMILES string of the molecule is COc1cccc(OC)c1OCn1ccc(C(=O)Nc2sc(C(N)=O)c(C)c2C(=O)OC(C)C)n1. The molecule has 0 fully saturated rings. The zero-order chi connectivity index (χ0) is 25.7. The van der Waals surface area contributed by atoms with Crippen LogP contribution in [0.3, 0.4) is 0 Å². The minimum absolute atomic E-state index is 0.0279. The summed E-state index contributed by atoms with van der Waals surface area (Å²) in [5.74, 6) is -0.613. The second kappa shape index (κ2) is 10.9. The van der Waals surface area contributed by atoms with Gasteiger partial charge in [-0.15, -0.1) is 11.3 Å². The van der Waals surface area contributed by atoms with Gasteiger partial charge in [0.15, 0.2) is 23.9 Å². The molecule has 2 amide bonds. The molecule has 35 heavy (non-hydrogen) atoms. The van der Waals surface area contributed by atoms with Crippen LogP contribution in [0, 0.1) is 6.92 Å². The van der Waals surface area contributed by atoms with Crippen LogP contribution in [0.25, 0.3) is 0 Å². The highest BCUT2D eigenvalue weighted by Crippen LogP contribution is 2.37. The van der Waals surface area contributed by atoms with Crippen LogP contribution in [0.4, 0.5) is 5.00 Å². The number of para-hydroxylation sites is 1. The van der Waals surface area contributed by atoms with Gasteiger partial charge in [-0.25, -0.2) is 9.48 Å². The summed E-state index contributed by atoms with van der Waals surface area (Å²) in [6.45, 7) is 4.94. The number of anilines is 1. The Hall–Kier alpha value is -4.06. The van der Waals surface area contributed by atoms with Crippen LogP contribution in [0.15, 0.2) is 30.5 Å². The third-order valence-electron chi connectivity index (χ3n) is 4.74. The summed E-state index contributed by atoms with van der Waals surface area (Å²) in [5.41, 5.74) is 5.91. The minimum Gasteiger partial charge on any atom is -0.493 e. The molecule has 11 nitrogen and oxygen atoms in total. The number of thiophene rings is 1. The normalized spacial score (nSPS) is 10.7. The number of hydrogen-bond donors (Lipinski definition) is 2. The Balaban J connectivity index is 1.78. The van der Waals surface area contributed by atoms with Crippen molar-refractivity contribution in [1.82, 2.24) is 9.78 Å². The number of primary amides is 1. The molecule has 0 unspecified atom stereocenters. The Kier molecular flexibility index (Phi) is 7.97.